The molecular formula is C49H84N4O16S2. The molecule has 0 spiro atoms. The van der Waals surface area contributed by atoms with Crippen LogP contribution in [0.2, 0.25) is 0 Å². The van der Waals surface area contributed by atoms with Crippen molar-refractivity contribution >= 4 is 33.5 Å². The van der Waals surface area contributed by atoms with Gasteiger partial charge in [0.15, 0.2) is 18.4 Å². The van der Waals surface area contributed by atoms with Gasteiger partial charge in [0.1, 0.15) is 17.9 Å². The van der Waals surface area contributed by atoms with Crippen molar-refractivity contribution in [2.24, 2.45) is 11.5 Å². The number of likely N-dealkylation sites (N-methyl/N-ethyl adjacent to an activating group) is 1. The van der Waals surface area contributed by atoms with Crippen molar-refractivity contribution in [3.8, 4) is 11.8 Å². The molecule has 0 saturated carbocycles. The summed E-state index contributed by atoms with van der Waals surface area (Å²) < 4.78 is 69.8. The van der Waals surface area contributed by atoms with E-state index in [1.54, 1.807) is 50.0 Å². The Kier molecular flexibility index (Phi) is 31.2. The van der Waals surface area contributed by atoms with Gasteiger partial charge in [-0.1, -0.05) is 73.3 Å². The maximum atomic E-state index is 13.7. The van der Waals surface area contributed by atoms with E-state index < -0.39 is 61.0 Å². The maximum Gasteiger partial charge on any atom is 0.411 e. The number of alkyl carbamates (subject to hydrolysis) is 1. The van der Waals surface area contributed by atoms with Crippen molar-refractivity contribution in [2.45, 2.75) is 127 Å². The van der Waals surface area contributed by atoms with Gasteiger partial charge in [0.25, 0.3) is 0 Å². The first-order valence-corrected chi connectivity index (χ1v) is 26.9. The van der Waals surface area contributed by atoms with E-state index in [0.717, 1.165) is 19.5 Å². The van der Waals surface area contributed by atoms with Gasteiger partial charge < -0.3 is 72.8 Å². The molecule has 2 heterocycles. The number of aliphatic hydroxyl groups is 2. The molecule has 0 unspecified atom stereocenters. The third-order valence-corrected chi connectivity index (χ3v) is 14.2. The fourth-order valence-corrected chi connectivity index (χ4v) is 9.85. The van der Waals surface area contributed by atoms with Crippen LogP contribution in [0.15, 0.2) is 35.1 Å². The molecule has 9 atom stereocenters. The summed E-state index contributed by atoms with van der Waals surface area (Å²) >= 11 is 0. The third kappa shape index (κ3) is 23.9. The normalized spacial score (nSPS) is 26.3. The average molecular weight is 1050 g/mol. The molecule has 408 valence electrons. The molecule has 1 aliphatic carbocycles. The van der Waals surface area contributed by atoms with Crippen LogP contribution in [0.3, 0.4) is 0 Å². The number of amides is 1. The highest BCUT2D eigenvalue weighted by Gasteiger charge is 2.47. The molecule has 0 aromatic carbocycles. The van der Waals surface area contributed by atoms with E-state index in [4.69, 9.17) is 68.3 Å². The molecule has 1 amide bonds. The SMILES string of the molecule is C/C=C\C#C[C@H](O[C@@H]1O[C@H](C)C[C@H](O)[C@H]1O[C@H]1C[C@H](OC)[C@@H](N(CC)CCCOCCOCCOCCOCCOCCOCCN)CO1)C1=C(NC(=O)OC)C(=O)C[C@](N)(O)/C1=C/CSSC(C)(C)C. The van der Waals surface area contributed by atoms with Gasteiger partial charge in [-0.05, 0) is 32.9 Å². The van der Waals surface area contributed by atoms with Crippen molar-refractivity contribution in [3.05, 3.63) is 35.1 Å². The molecular weight excluding hydrogens is 965 g/mol. The molecule has 2 fully saturated rings. The molecule has 0 radical (unpaired) electrons. The van der Waals surface area contributed by atoms with Crippen LogP contribution in [0.1, 0.15) is 67.2 Å². The van der Waals surface area contributed by atoms with Crippen LogP contribution in [0.25, 0.3) is 0 Å². The van der Waals surface area contributed by atoms with Crippen molar-refractivity contribution in [2.75, 3.05) is 125 Å². The van der Waals surface area contributed by atoms with Gasteiger partial charge in [0.05, 0.1) is 123 Å². The third-order valence-electron chi connectivity index (χ3n) is 11.0. The Morgan fingerprint density at radius 1 is 0.986 bits per heavy atom. The number of Topliss-reactive ketones (excluding diaryl/α,β-unsaturated/α-hetero) is 1. The lowest BCUT2D eigenvalue weighted by Crippen LogP contribution is -2.57. The minimum Gasteiger partial charge on any atom is -0.453 e. The number of ketones is 1. The highest BCUT2D eigenvalue weighted by Crippen LogP contribution is 2.40. The molecule has 0 aromatic heterocycles. The Morgan fingerprint density at radius 2 is 1.59 bits per heavy atom. The Balaban J connectivity index is 1.59. The van der Waals surface area contributed by atoms with E-state index in [1.807, 2.05) is 0 Å². The van der Waals surface area contributed by atoms with Crippen LogP contribution in [0, 0.1) is 11.8 Å². The number of nitrogens with one attached hydrogen (secondary N) is 1. The summed E-state index contributed by atoms with van der Waals surface area (Å²) in [6.07, 6.45) is -1.46. The maximum absolute atomic E-state index is 13.7. The first-order chi connectivity index (χ1) is 34.1. The molecule has 3 aliphatic rings. The van der Waals surface area contributed by atoms with Crippen LogP contribution in [0.5, 0.6) is 0 Å². The summed E-state index contributed by atoms with van der Waals surface area (Å²) in [6, 6.07) is -0.0823. The first-order valence-electron chi connectivity index (χ1n) is 24.6. The van der Waals surface area contributed by atoms with E-state index in [-0.39, 0.29) is 46.8 Å². The topological polar surface area (TPSA) is 253 Å². The first kappa shape index (κ1) is 63.1. The lowest BCUT2D eigenvalue weighted by atomic mass is 9.80. The molecule has 7 N–H and O–H groups in total. The summed E-state index contributed by atoms with van der Waals surface area (Å²) in [5.41, 5.74) is 9.67. The summed E-state index contributed by atoms with van der Waals surface area (Å²) in [5, 5.41) is 25.7. The number of nitrogens with two attached hydrogens (primary N) is 2. The molecule has 2 saturated heterocycles. The van der Waals surface area contributed by atoms with Crippen molar-refractivity contribution in [1.82, 2.24) is 10.2 Å². The van der Waals surface area contributed by atoms with Gasteiger partial charge in [-0.25, -0.2) is 4.79 Å². The van der Waals surface area contributed by atoms with Crippen LogP contribution in [-0.4, -0.2) is 212 Å². The van der Waals surface area contributed by atoms with Gasteiger partial charge >= 0.3 is 6.09 Å². The Bertz CT molecular complexity index is 1690. The summed E-state index contributed by atoms with van der Waals surface area (Å²) in [4.78, 5) is 28.7. The predicted molar refractivity (Wildman–Crippen MR) is 271 cm³/mol. The molecule has 3 rings (SSSR count). The fourth-order valence-electron chi connectivity index (χ4n) is 7.73. The quantitative estimate of drug-likeness (QED) is 0.0274. The number of carbonyl (C=O) groups excluding carboxylic acids is 2. The van der Waals surface area contributed by atoms with Crippen LogP contribution >= 0.6 is 21.6 Å². The van der Waals surface area contributed by atoms with Gasteiger partial charge in [0.2, 0.25) is 0 Å². The fraction of sp³-hybridized carbons (Fsp3) is 0.796. The number of hydrogen-bond acceptors (Lipinski definition) is 21. The van der Waals surface area contributed by atoms with Gasteiger partial charge in [0, 0.05) is 61.3 Å². The predicted octanol–water partition coefficient (Wildman–Crippen LogP) is 3.07. The second-order valence-electron chi connectivity index (χ2n) is 17.8. The number of rotatable bonds is 33. The number of carbonyl (C=O) groups is 2. The Morgan fingerprint density at radius 3 is 2.14 bits per heavy atom. The van der Waals surface area contributed by atoms with E-state index in [1.165, 1.54) is 17.9 Å². The van der Waals surface area contributed by atoms with E-state index in [2.05, 4.69) is 49.8 Å². The number of nitrogens with zero attached hydrogens (tertiary/aromatic N) is 1. The van der Waals surface area contributed by atoms with E-state index in [9.17, 15) is 19.8 Å². The smallest absolute Gasteiger partial charge is 0.411 e. The number of hydrogen-bond donors (Lipinski definition) is 5. The number of allylic oxidation sites excluding steroid dienone is 3. The van der Waals surface area contributed by atoms with Crippen LogP contribution in [-0.2, 0) is 61.6 Å². The Hall–Kier alpha value is -2.22. The summed E-state index contributed by atoms with van der Waals surface area (Å²) in [6.45, 7) is 20.1. The average Bonchev–Trinajstić information content (AvgIpc) is 3.32. The summed E-state index contributed by atoms with van der Waals surface area (Å²) in [7, 11) is 5.97. The zero-order chi connectivity index (χ0) is 52.1. The number of aliphatic hydroxyl groups excluding tert-OH is 1. The lowest BCUT2D eigenvalue weighted by molar-refractivity contribution is -0.321. The molecule has 2 aliphatic heterocycles. The van der Waals surface area contributed by atoms with E-state index in [0.29, 0.717) is 98.0 Å². The standard InChI is InChI=1S/C49H84N4O16S2/c1-9-11-12-14-40(43-36(15-30-70-71-48(4,5)6)49(51,57)33-39(55)44(43)52-47(56)59-8)68-46-45(38(54)31-35(3)67-46)69-42-32-41(58-7)37(34-66-42)53(10-2)17-13-18-60-20-22-62-24-26-64-28-29-65-27-25-63-23-21-61-19-16-50/h9,11,15,35,37-38,40-42,45-46,54,57H,10,13,16-34,50-51H2,1-8H3,(H,52,56)/b11-9-,36-15+/t35-,37+,38+,40+,41+,42+,45-,46+,49+/m1/s1. The van der Waals surface area contributed by atoms with Crippen molar-refractivity contribution in [3.63, 3.8) is 0 Å². The van der Waals surface area contributed by atoms with Crippen LogP contribution < -0.4 is 16.8 Å². The second-order valence-corrected chi connectivity index (χ2v) is 21.0. The molecule has 0 aromatic rings. The zero-order valence-corrected chi connectivity index (χ0v) is 44.9. The highest BCUT2D eigenvalue weighted by molar-refractivity contribution is 8.77. The van der Waals surface area contributed by atoms with Crippen LogP contribution in [0.4, 0.5) is 4.79 Å². The van der Waals surface area contributed by atoms with Crippen molar-refractivity contribution in [1.29, 1.82) is 0 Å². The minimum atomic E-state index is -2.15. The number of methoxy groups -OCH3 is 2. The molecule has 20 nitrogen and oxygen atoms in total. The summed E-state index contributed by atoms with van der Waals surface area (Å²) in [5.74, 6) is 5.66. The molecule has 0 bridgehead atoms. The molecule has 22 heteroatoms. The second kappa shape index (κ2) is 35.1. The largest absolute Gasteiger partial charge is 0.453 e. The molecule has 71 heavy (non-hydrogen) atoms. The Labute approximate surface area is 429 Å². The monoisotopic (exact) mass is 1050 g/mol. The van der Waals surface area contributed by atoms with Gasteiger partial charge in [-0.15, -0.1) is 0 Å². The number of ether oxygens (including phenoxy) is 12. The van der Waals surface area contributed by atoms with E-state index >= 15 is 0 Å². The zero-order valence-electron chi connectivity index (χ0n) is 43.2. The highest BCUT2D eigenvalue weighted by atomic mass is 33.1. The van der Waals surface area contributed by atoms with Gasteiger partial charge in [-0.3, -0.25) is 20.7 Å². The minimum absolute atomic E-state index is 0.0268. The van der Waals surface area contributed by atoms with Crippen molar-refractivity contribution < 1.29 is 76.6 Å². The lowest BCUT2D eigenvalue weighted by Gasteiger charge is -2.45. The van der Waals surface area contributed by atoms with Gasteiger partial charge in [-0.2, -0.15) is 0 Å².